The Labute approximate surface area is 388 Å². The van der Waals surface area contributed by atoms with Crippen molar-refractivity contribution in [1.82, 2.24) is 0 Å². The summed E-state index contributed by atoms with van der Waals surface area (Å²) in [6.07, 6.45) is 65.7. The molecule has 0 aromatic heterocycles. The van der Waals surface area contributed by atoms with Gasteiger partial charge >= 0.3 is 17.9 Å². The lowest BCUT2D eigenvalue weighted by Gasteiger charge is -2.18. The molecule has 6 nitrogen and oxygen atoms in total. The molecule has 0 aliphatic rings. The molecule has 0 saturated carbocycles. The summed E-state index contributed by atoms with van der Waals surface area (Å²) in [5.74, 6) is -0.965. The van der Waals surface area contributed by atoms with Crippen molar-refractivity contribution >= 4 is 17.9 Å². The maximum atomic E-state index is 12.8. The third kappa shape index (κ3) is 49.5. The van der Waals surface area contributed by atoms with Crippen LogP contribution in [-0.2, 0) is 28.6 Å². The fourth-order valence-corrected chi connectivity index (χ4v) is 6.98. The molecule has 0 saturated heterocycles. The fourth-order valence-electron chi connectivity index (χ4n) is 6.98. The van der Waals surface area contributed by atoms with Crippen molar-refractivity contribution in [2.75, 3.05) is 13.2 Å². The molecule has 360 valence electrons. The standard InChI is InChI=1S/C57H96O6/c1-4-7-10-13-16-19-22-24-26-28-30-32-35-37-40-43-46-49-55(58)61-52-54(63-57(60)51-48-45-42-39-34-21-18-15-12-9-6-3)53-62-56(59)50-47-44-41-38-36-33-31-29-27-25-23-20-17-14-11-8-5-2/h7,10,16-17,19-20,24-27,30,32,37,40,54H,4-6,8-9,11-15,18,21-23,28-29,31,33-36,38-39,41-53H2,1-3H3/b10-7-,19-16-,20-17-,26-24-,27-25-,32-30-,40-37-/t54-/m1/s1. The van der Waals surface area contributed by atoms with Gasteiger partial charge in [0.25, 0.3) is 0 Å². The van der Waals surface area contributed by atoms with Crippen LogP contribution in [0.5, 0.6) is 0 Å². The Hall–Kier alpha value is -3.41. The highest BCUT2D eigenvalue weighted by molar-refractivity contribution is 5.71. The van der Waals surface area contributed by atoms with Crippen LogP contribution < -0.4 is 0 Å². The van der Waals surface area contributed by atoms with Gasteiger partial charge in [0.15, 0.2) is 6.10 Å². The van der Waals surface area contributed by atoms with Crippen LogP contribution in [0, 0.1) is 0 Å². The molecule has 0 amide bonds. The van der Waals surface area contributed by atoms with Gasteiger partial charge in [-0.3, -0.25) is 14.4 Å². The van der Waals surface area contributed by atoms with Gasteiger partial charge in [-0.05, 0) is 89.9 Å². The summed E-state index contributed by atoms with van der Waals surface area (Å²) in [5.41, 5.74) is 0. The third-order valence-electron chi connectivity index (χ3n) is 10.9. The molecule has 0 aliphatic heterocycles. The van der Waals surface area contributed by atoms with Crippen LogP contribution in [0.3, 0.4) is 0 Å². The van der Waals surface area contributed by atoms with Crippen LogP contribution in [0.2, 0.25) is 0 Å². The first-order valence-electron chi connectivity index (χ1n) is 26.1. The number of esters is 3. The molecule has 0 rings (SSSR count). The molecule has 0 spiro atoms. The first-order chi connectivity index (χ1) is 31.0. The van der Waals surface area contributed by atoms with E-state index >= 15 is 0 Å². The number of carbonyl (C=O) groups excluding carboxylic acids is 3. The maximum Gasteiger partial charge on any atom is 0.306 e. The van der Waals surface area contributed by atoms with Gasteiger partial charge in [0, 0.05) is 19.3 Å². The molecular weight excluding hydrogens is 781 g/mol. The Bertz CT molecular complexity index is 1240. The van der Waals surface area contributed by atoms with E-state index in [0.29, 0.717) is 19.3 Å². The summed E-state index contributed by atoms with van der Waals surface area (Å²) >= 11 is 0. The van der Waals surface area contributed by atoms with Gasteiger partial charge in [-0.15, -0.1) is 0 Å². The second-order valence-corrected chi connectivity index (χ2v) is 17.1. The van der Waals surface area contributed by atoms with E-state index < -0.39 is 6.10 Å². The van der Waals surface area contributed by atoms with Crippen molar-refractivity contribution in [1.29, 1.82) is 0 Å². The van der Waals surface area contributed by atoms with Gasteiger partial charge in [-0.1, -0.05) is 215 Å². The zero-order chi connectivity index (χ0) is 45.8. The minimum atomic E-state index is -0.800. The van der Waals surface area contributed by atoms with E-state index in [1.165, 1.54) is 103 Å². The molecule has 0 radical (unpaired) electrons. The van der Waals surface area contributed by atoms with Crippen LogP contribution >= 0.6 is 0 Å². The minimum absolute atomic E-state index is 0.0974. The Balaban J connectivity index is 4.45. The van der Waals surface area contributed by atoms with Crippen molar-refractivity contribution in [2.24, 2.45) is 0 Å². The number of ether oxygens (including phenoxy) is 3. The molecule has 1 atom stereocenters. The Morgan fingerprint density at radius 2 is 0.635 bits per heavy atom. The molecule has 0 heterocycles. The van der Waals surface area contributed by atoms with Crippen molar-refractivity contribution in [2.45, 2.75) is 245 Å². The van der Waals surface area contributed by atoms with Crippen LogP contribution in [0.25, 0.3) is 0 Å². The Morgan fingerprint density at radius 3 is 1.06 bits per heavy atom. The highest BCUT2D eigenvalue weighted by Gasteiger charge is 2.19. The molecule has 0 fully saturated rings. The Kier molecular flexibility index (Phi) is 48.5. The highest BCUT2D eigenvalue weighted by atomic mass is 16.6. The van der Waals surface area contributed by atoms with Crippen molar-refractivity contribution in [3.05, 3.63) is 85.1 Å². The van der Waals surface area contributed by atoms with Gasteiger partial charge in [0.1, 0.15) is 13.2 Å². The number of unbranched alkanes of at least 4 members (excludes halogenated alkanes) is 21. The average molecular weight is 877 g/mol. The predicted molar refractivity (Wildman–Crippen MR) is 270 cm³/mol. The summed E-state index contributed by atoms with van der Waals surface area (Å²) < 4.78 is 16.7. The van der Waals surface area contributed by atoms with Crippen molar-refractivity contribution in [3.8, 4) is 0 Å². The quantitative estimate of drug-likeness (QED) is 0.0262. The monoisotopic (exact) mass is 877 g/mol. The predicted octanol–water partition coefficient (Wildman–Crippen LogP) is 17.2. The number of hydrogen-bond donors (Lipinski definition) is 0. The minimum Gasteiger partial charge on any atom is -0.462 e. The Morgan fingerprint density at radius 1 is 0.333 bits per heavy atom. The highest BCUT2D eigenvalue weighted by Crippen LogP contribution is 2.14. The third-order valence-corrected chi connectivity index (χ3v) is 10.9. The average Bonchev–Trinajstić information content (AvgIpc) is 3.28. The molecule has 0 aromatic carbocycles. The topological polar surface area (TPSA) is 78.9 Å². The summed E-state index contributed by atoms with van der Waals surface area (Å²) in [5, 5.41) is 0. The SMILES string of the molecule is CC/C=C\C/C=C\C/C=C\C/C=C\C/C=C\CCCC(=O)OC[C@H](COC(=O)CCCCCCCCC/C=C\C/C=C\CCCCC)OC(=O)CCCCCCCCCCCCC. The number of rotatable bonds is 46. The smallest absolute Gasteiger partial charge is 0.306 e. The second kappa shape index (κ2) is 51.2. The van der Waals surface area contributed by atoms with E-state index in [1.807, 2.05) is 0 Å². The zero-order valence-electron chi connectivity index (χ0n) is 41.1. The van der Waals surface area contributed by atoms with Crippen LogP contribution in [0.1, 0.15) is 239 Å². The number of allylic oxidation sites excluding steroid dienone is 14. The molecule has 0 unspecified atom stereocenters. The molecule has 63 heavy (non-hydrogen) atoms. The molecule has 0 N–H and O–H groups in total. The van der Waals surface area contributed by atoms with Gasteiger partial charge in [0.05, 0.1) is 0 Å². The number of carbonyl (C=O) groups is 3. The maximum absolute atomic E-state index is 12.8. The molecule has 0 bridgehead atoms. The lowest BCUT2D eigenvalue weighted by atomic mass is 10.1. The lowest BCUT2D eigenvalue weighted by molar-refractivity contribution is -0.167. The van der Waals surface area contributed by atoms with Gasteiger partial charge < -0.3 is 14.2 Å². The van der Waals surface area contributed by atoms with Crippen LogP contribution in [0.15, 0.2) is 85.1 Å². The second-order valence-electron chi connectivity index (χ2n) is 17.1. The molecular formula is C57H96O6. The van der Waals surface area contributed by atoms with Gasteiger partial charge in [0.2, 0.25) is 0 Å². The van der Waals surface area contributed by atoms with Gasteiger partial charge in [-0.2, -0.15) is 0 Å². The van der Waals surface area contributed by atoms with E-state index in [-0.39, 0.29) is 37.5 Å². The van der Waals surface area contributed by atoms with E-state index in [2.05, 4.69) is 106 Å². The fraction of sp³-hybridized carbons (Fsp3) is 0.702. The molecule has 6 heteroatoms. The van der Waals surface area contributed by atoms with E-state index in [4.69, 9.17) is 14.2 Å². The van der Waals surface area contributed by atoms with Crippen LogP contribution in [-0.4, -0.2) is 37.2 Å². The van der Waals surface area contributed by atoms with E-state index in [0.717, 1.165) is 89.9 Å². The summed E-state index contributed by atoms with van der Waals surface area (Å²) in [6, 6.07) is 0. The summed E-state index contributed by atoms with van der Waals surface area (Å²) in [6.45, 7) is 6.43. The summed E-state index contributed by atoms with van der Waals surface area (Å²) in [7, 11) is 0. The number of hydrogen-bond acceptors (Lipinski definition) is 6. The van der Waals surface area contributed by atoms with Gasteiger partial charge in [-0.25, -0.2) is 0 Å². The largest absolute Gasteiger partial charge is 0.462 e. The normalized spacial score (nSPS) is 12.7. The summed E-state index contributed by atoms with van der Waals surface area (Å²) in [4.78, 5) is 37.9. The molecule has 0 aliphatic carbocycles. The zero-order valence-corrected chi connectivity index (χ0v) is 41.1. The van der Waals surface area contributed by atoms with Crippen molar-refractivity contribution < 1.29 is 28.6 Å². The first kappa shape index (κ1) is 59.6. The first-order valence-corrected chi connectivity index (χ1v) is 26.1. The lowest BCUT2D eigenvalue weighted by Crippen LogP contribution is -2.30. The van der Waals surface area contributed by atoms with E-state index in [1.54, 1.807) is 0 Å². The van der Waals surface area contributed by atoms with Crippen molar-refractivity contribution in [3.63, 3.8) is 0 Å². The molecule has 0 aromatic rings. The van der Waals surface area contributed by atoms with E-state index in [9.17, 15) is 14.4 Å². The van der Waals surface area contributed by atoms with Crippen LogP contribution in [0.4, 0.5) is 0 Å².